The molecule has 0 aromatic carbocycles. The smallest absolute Gasteiger partial charge is 0.222 e. The summed E-state index contributed by atoms with van der Waals surface area (Å²) in [7, 11) is 2.07. The highest BCUT2D eigenvalue weighted by molar-refractivity contribution is 5.75. The van der Waals surface area contributed by atoms with E-state index in [1.807, 2.05) is 32.6 Å². The molecule has 0 unspecified atom stereocenters. The van der Waals surface area contributed by atoms with Crippen LogP contribution in [0.1, 0.15) is 41.0 Å². The molecule has 0 radical (unpaired) electrons. The average Bonchev–Trinajstić information content (AvgIpc) is 2.31. The van der Waals surface area contributed by atoms with E-state index in [9.17, 15) is 4.79 Å². The largest absolute Gasteiger partial charge is 0.342 e. The molecule has 92 valence electrons. The predicted octanol–water partition coefficient (Wildman–Crippen LogP) is 2.22. The van der Waals surface area contributed by atoms with E-state index in [1.165, 1.54) is 0 Å². The molecule has 0 aliphatic heterocycles. The van der Waals surface area contributed by atoms with Gasteiger partial charge in [0.1, 0.15) is 0 Å². The number of carbonyl (C=O) groups is 1. The molecule has 0 bridgehead atoms. The fraction of sp³-hybridized carbons (Fsp3) is 0.917. The van der Waals surface area contributed by atoms with E-state index >= 15 is 0 Å². The summed E-state index contributed by atoms with van der Waals surface area (Å²) >= 11 is 0. The number of hydrogen-bond acceptors (Lipinski definition) is 2. The molecule has 0 aromatic heterocycles. The van der Waals surface area contributed by atoms with Crippen molar-refractivity contribution in [3.05, 3.63) is 0 Å². The zero-order chi connectivity index (χ0) is 12.3. The van der Waals surface area contributed by atoms with Crippen LogP contribution in [-0.4, -0.2) is 48.9 Å². The predicted molar refractivity (Wildman–Crippen MR) is 67.1 cm³/mol. The van der Waals surface area contributed by atoms with E-state index in [0.29, 0.717) is 6.42 Å². The summed E-state index contributed by atoms with van der Waals surface area (Å²) in [6.07, 6.45) is 0.615. The molecular formula is C12H28N2O. The van der Waals surface area contributed by atoms with Crippen molar-refractivity contribution in [1.82, 2.24) is 9.80 Å². The average molecular weight is 216 g/mol. The minimum atomic E-state index is 0.256. The van der Waals surface area contributed by atoms with Gasteiger partial charge in [-0.3, -0.25) is 4.79 Å². The van der Waals surface area contributed by atoms with Gasteiger partial charge in [-0.2, -0.15) is 0 Å². The van der Waals surface area contributed by atoms with Gasteiger partial charge in [0.05, 0.1) is 0 Å². The summed E-state index contributed by atoms with van der Waals surface area (Å²) in [6, 6.07) is 0. The molecule has 0 aliphatic carbocycles. The zero-order valence-corrected chi connectivity index (χ0v) is 11.3. The van der Waals surface area contributed by atoms with Crippen molar-refractivity contribution in [2.24, 2.45) is 0 Å². The molecule has 1 amide bonds. The zero-order valence-electron chi connectivity index (χ0n) is 11.3. The summed E-state index contributed by atoms with van der Waals surface area (Å²) < 4.78 is 0. The third kappa shape index (κ3) is 8.43. The number of hydrogen-bond donors (Lipinski definition) is 0. The van der Waals surface area contributed by atoms with Gasteiger partial charge in [-0.15, -0.1) is 0 Å². The van der Waals surface area contributed by atoms with E-state index in [-0.39, 0.29) is 5.91 Å². The second-order valence-corrected chi connectivity index (χ2v) is 3.22. The van der Waals surface area contributed by atoms with Gasteiger partial charge in [-0.1, -0.05) is 27.7 Å². The second kappa shape index (κ2) is 11.5. The molecule has 0 atom stereocenters. The van der Waals surface area contributed by atoms with Crippen molar-refractivity contribution in [2.75, 3.05) is 33.2 Å². The van der Waals surface area contributed by atoms with Gasteiger partial charge < -0.3 is 9.80 Å². The van der Waals surface area contributed by atoms with Crippen molar-refractivity contribution in [2.45, 2.75) is 41.0 Å². The minimum absolute atomic E-state index is 0.256. The molecule has 3 heteroatoms. The molecule has 0 N–H and O–H groups in total. The SMILES string of the molecule is CC.CCC(=O)N(CC)CCN(C)CC. The monoisotopic (exact) mass is 216 g/mol. The maximum Gasteiger partial charge on any atom is 0.222 e. The number of likely N-dealkylation sites (N-methyl/N-ethyl adjacent to an activating group) is 2. The lowest BCUT2D eigenvalue weighted by molar-refractivity contribution is -0.130. The maximum absolute atomic E-state index is 11.4. The summed E-state index contributed by atoms with van der Waals surface area (Å²) in [6.45, 7) is 13.7. The van der Waals surface area contributed by atoms with E-state index in [1.54, 1.807) is 0 Å². The molecule has 0 heterocycles. The van der Waals surface area contributed by atoms with Gasteiger partial charge in [0.15, 0.2) is 0 Å². The number of nitrogens with zero attached hydrogens (tertiary/aromatic N) is 2. The Morgan fingerprint density at radius 2 is 1.53 bits per heavy atom. The van der Waals surface area contributed by atoms with E-state index in [4.69, 9.17) is 0 Å². The van der Waals surface area contributed by atoms with Crippen molar-refractivity contribution < 1.29 is 4.79 Å². The van der Waals surface area contributed by atoms with Crippen molar-refractivity contribution >= 4 is 5.91 Å². The molecule has 0 fully saturated rings. The van der Waals surface area contributed by atoms with E-state index in [2.05, 4.69) is 18.9 Å². The first-order valence-corrected chi connectivity index (χ1v) is 6.11. The highest BCUT2D eigenvalue weighted by Gasteiger charge is 2.08. The van der Waals surface area contributed by atoms with Crippen LogP contribution in [0.4, 0.5) is 0 Å². The van der Waals surface area contributed by atoms with Gasteiger partial charge in [0.25, 0.3) is 0 Å². The van der Waals surface area contributed by atoms with Gasteiger partial charge in [-0.25, -0.2) is 0 Å². The summed E-state index contributed by atoms with van der Waals surface area (Å²) in [5.74, 6) is 0.256. The van der Waals surface area contributed by atoms with Gasteiger partial charge >= 0.3 is 0 Å². The molecular weight excluding hydrogens is 188 g/mol. The molecule has 3 nitrogen and oxygen atoms in total. The lowest BCUT2D eigenvalue weighted by Crippen LogP contribution is -2.36. The fourth-order valence-corrected chi connectivity index (χ4v) is 1.13. The highest BCUT2D eigenvalue weighted by Crippen LogP contribution is 1.94. The van der Waals surface area contributed by atoms with Crippen LogP contribution in [0, 0.1) is 0 Å². The van der Waals surface area contributed by atoms with Crippen LogP contribution in [-0.2, 0) is 4.79 Å². The molecule has 0 aliphatic rings. The lowest BCUT2D eigenvalue weighted by Gasteiger charge is -2.23. The third-order valence-corrected chi connectivity index (χ3v) is 2.33. The molecule has 15 heavy (non-hydrogen) atoms. The van der Waals surface area contributed by atoms with Crippen LogP contribution in [0.15, 0.2) is 0 Å². The Morgan fingerprint density at radius 3 is 1.87 bits per heavy atom. The quantitative estimate of drug-likeness (QED) is 0.680. The van der Waals surface area contributed by atoms with Crippen LogP contribution < -0.4 is 0 Å². The first-order chi connectivity index (χ1) is 7.15. The molecule has 0 saturated heterocycles. The van der Waals surface area contributed by atoms with Crippen LogP contribution >= 0.6 is 0 Å². The molecule has 0 saturated carbocycles. The van der Waals surface area contributed by atoms with E-state index in [0.717, 1.165) is 26.2 Å². The second-order valence-electron chi connectivity index (χ2n) is 3.22. The Kier molecular flexibility index (Phi) is 12.9. The van der Waals surface area contributed by atoms with Crippen LogP contribution in [0.25, 0.3) is 0 Å². The number of carbonyl (C=O) groups excluding carboxylic acids is 1. The first kappa shape index (κ1) is 16.8. The number of amides is 1. The summed E-state index contributed by atoms with van der Waals surface area (Å²) in [5, 5.41) is 0. The Hall–Kier alpha value is -0.570. The topological polar surface area (TPSA) is 23.6 Å². The number of rotatable bonds is 6. The van der Waals surface area contributed by atoms with Gasteiger partial charge in [0.2, 0.25) is 5.91 Å². The maximum atomic E-state index is 11.4. The van der Waals surface area contributed by atoms with Crippen molar-refractivity contribution in [3.63, 3.8) is 0 Å². The Bertz CT molecular complexity index is 149. The minimum Gasteiger partial charge on any atom is -0.342 e. The molecule has 0 aromatic rings. The van der Waals surface area contributed by atoms with Crippen molar-refractivity contribution in [3.8, 4) is 0 Å². The molecule has 0 spiro atoms. The van der Waals surface area contributed by atoms with Gasteiger partial charge in [-0.05, 0) is 20.5 Å². The first-order valence-electron chi connectivity index (χ1n) is 6.11. The van der Waals surface area contributed by atoms with Crippen LogP contribution in [0.3, 0.4) is 0 Å². The molecule has 0 rings (SSSR count). The third-order valence-electron chi connectivity index (χ3n) is 2.33. The van der Waals surface area contributed by atoms with E-state index < -0.39 is 0 Å². The van der Waals surface area contributed by atoms with Crippen LogP contribution in [0.2, 0.25) is 0 Å². The van der Waals surface area contributed by atoms with Gasteiger partial charge in [0, 0.05) is 26.1 Å². The Labute approximate surface area is 95.4 Å². The fourth-order valence-electron chi connectivity index (χ4n) is 1.13. The summed E-state index contributed by atoms with van der Waals surface area (Å²) in [4.78, 5) is 15.5. The summed E-state index contributed by atoms with van der Waals surface area (Å²) in [5.41, 5.74) is 0. The van der Waals surface area contributed by atoms with Crippen LogP contribution in [0.5, 0.6) is 0 Å². The highest BCUT2D eigenvalue weighted by atomic mass is 16.2. The lowest BCUT2D eigenvalue weighted by atomic mass is 10.3. The standard InChI is InChI=1S/C10H22N2O.C2H6/c1-5-10(13)12(7-3)9-8-11(4)6-2;1-2/h5-9H2,1-4H3;1-2H3. The van der Waals surface area contributed by atoms with Crippen molar-refractivity contribution in [1.29, 1.82) is 0 Å². The normalized spacial score (nSPS) is 9.53. The Morgan fingerprint density at radius 1 is 1.00 bits per heavy atom. The Balaban J connectivity index is 0.